The standard InChI is InChI=1S/C20H27N5O2/c1-25-17-11-14(22-10-8-13-3-2-9-21-12-13)4-5-15(17)19(24-25)16-6-7-18(26)23-20(16)27/h4-5,11,13,16,21-22H,2-3,6-10,12H2,1H3,(H,23,26,27). The average Bonchev–Trinajstić information content (AvgIpc) is 2.99. The Kier molecular flexibility index (Phi) is 5.11. The predicted molar refractivity (Wildman–Crippen MR) is 105 cm³/mol. The summed E-state index contributed by atoms with van der Waals surface area (Å²) in [5.74, 6) is -0.0412. The second-order valence-corrected chi connectivity index (χ2v) is 7.67. The first-order chi connectivity index (χ1) is 13.1. The fraction of sp³-hybridized carbons (Fsp3) is 0.550. The minimum absolute atomic E-state index is 0.198. The summed E-state index contributed by atoms with van der Waals surface area (Å²) in [7, 11) is 1.90. The summed E-state index contributed by atoms with van der Waals surface area (Å²) in [6.45, 7) is 3.23. The highest BCUT2D eigenvalue weighted by atomic mass is 16.2. The van der Waals surface area contributed by atoms with E-state index < -0.39 is 0 Å². The molecule has 2 unspecified atom stereocenters. The number of anilines is 1. The lowest BCUT2D eigenvalue weighted by molar-refractivity contribution is -0.134. The van der Waals surface area contributed by atoms with Gasteiger partial charge in [-0.2, -0.15) is 5.10 Å². The van der Waals surface area contributed by atoms with E-state index in [0.29, 0.717) is 12.8 Å². The van der Waals surface area contributed by atoms with E-state index in [2.05, 4.69) is 33.2 Å². The topological polar surface area (TPSA) is 88.0 Å². The summed E-state index contributed by atoms with van der Waals surface area (Å²) >= 11 is 0. The smallest absolute Gasteiger partial charge is 0.235 e. The van der Waals surface area contributed by atoms with Crippen LogP contribution in [-0.2, 0) is 16.6 Å². The van der Waals surface area contributed by atoms with Gasteiger partial charge in [0.2, 0.25) is 11.8 Å². The molecule has 0 saturated carbocycles. The first-order valence-electron chi connectivity index (χ1n) is 9.87. The number of carbonyl (C=O) groups excluding carboxylic acids is 2. The van der Waals surface area contributed by atoms with E-state index in [-0.39, 0.29) is 17.7 Å². The van der Waals surface area contributed by atoms with Crippen molar-refractivity contribution in [1.82, 2.24) is 20.4 Å². The molecular weight excluding hydrogens is 342 g/mol. The molecule has 144 valence electrons. The third-order valence-corrected chi connectivity index (χ3v) is 5.73. The molecule has 4 rings (SSSR count). The Balaban J connectivity index is 1.47. The van der Waals surface area contributed by atoms with Crippen LogP contribution in [0.15, 0.2) is 18.2 Å². The number of hydrogen-bond donors (Lipinski definition) is 3. The number of amides is 2. The molecule has 0 bridgehead atoms. The normalized spacial score (nSPS) is 23.4. The zero-order valence-electron chi connectivity index (χ0n) is 15.8. The van der Waals surface area contributed by atoms with Gasteiger partial charge in [0.15, 0.2) is 0 Å². The summed E-state index contributed by atoms with van der Waals surface area (Å²) in [5, 5.41) is 15.0. The van der Waals surface area contributed by atoms with E-state index in [1.807, 2.05) is 17.8 Å². The molecule has 1 aromatic carbocycles. The van der Waals surface area contributed by atoms with Crippen molar-refractivity contribution < 1.29 is 9.59 Å². The molecule has 2 aromatic rings. The maximum Gasteiger partial charge on any atom is 0.235 e. The third kappa shape index (κ3) is 3.83. The first kappa shape index (κ1) is 18.0. The van der Waals surface area contributed by atoms with E-state index in [0.717, 1.165) is 54.3 Å². The van der Waals surface area contributed by atoms with Crippen molar-refractivity contribution in [3.05, 3.63) is 23.9 Å². The van der Waals surface area contributed by atoms with Crippen LogP contribution < -0.4 is 16.0 Å². The van der Waals surface area contributed by atoms with Crippen molar-refractivity contribution in [3.63, 3.8) is 0 Å². The van der Waals surface area contributed by atoms with Crippen molar-refractivity contribution in [1.29, 1.82) is 0 Å². The van der Waals surface area contributed by atoms with E-state index in [1.54, 1.807) is 0 Å². The number of aryl methyl sites for hydroxylation is 1. The van der Waals surface area contributed by atoms with Gasteiger partial charge in [-0.3, -0.25) is 19.6 Å². The number of benzene rings is 1. The molecule has 2 amide bonds. The highest BCUT2D eigenvalue weighted by Gasteiger charge is 2.31. The molecule has 2 aliphatic rings. The lowest BCUT2D eigenvalue weighted by atomic mass is 9.93. The van der Waals surface area contributed by atoms with E-state index in [4.69, 9.17) is 0 Å². The van der Waals surface area contributed by atoms with Crippen LogP contribution in [0.4, 0.5) is 5.69 Å². The second-order valence-electron chi connectivity index (χ2n) is 7.67. The van der Waals surface area contributed by atoms with Crippen LogP contribution in [0.5, 0.6) is 0 Å². The monoisotopic (exact) mass is 369 g/mol. The molecule has 1 aromatic heterocycles. The molecule has 3 N–H and O–H groups in total. The number of nitrogens with one attached hydrogen (secondary N) is 3. The van der Waals surface area contributed by atoms with Crippen LogP contribution in [0.25, 0.3) is 10.9 Å². The van der Waals surface area contributed by atoms with Crippen LogP contribution in [0, 0.1) is 5.92 Å². The van der Waals surface area contributed by atoms with Crippen molar-refractivity contribution in [2.45, 2.75) is 38.0 Å². The van der Waals surface area contributed by atoms with Gasteiger partial charge < -0.3 is 10.6 Å². The molecule has 2 fully saturated rings. The van der Waals surface area contributed by atoms with E-state index in [9.17, 15) is 9.59 Å². The number of carbonyl (C=O) groups is 2. The number of aromatic nitrogens is 2. The van der Waals surface area contributed by atoms with E-state index >= 15 is 0 Å². The molecule has 7 heteroatoms. The average molecular weight is 369 g/mol. The molecule has 3 heterocycles. The summed E-state index contributed by atoms with van der Waals surface area (Å²) in [5.41, 5.74) is 2.83. The SMILES string of the molecule is Cn1nc(C2CCC(=O)NC2=O)c2ccc(NCCC3CCCNC3)cc21. The summed E-state index contributed by atoms with van der Waals surface area (Å²) in [6.07, 6.45) is 4.63. The van der Waals surface area contributed by atoms with Crippen LogP contribution in [0.3, 0.4) is 0 Å². The van der Waals surface area contributed by atoms with Crippen LogP contribution in [0.2, 0.25) is 0 Å². The third-order valence-electron chi connectivity index (χ3n) is 5.73. The number of hydrogen-bond acceptors (Lipinski definition) is 5. The molecule has 0 aliphatic carbocycles. The molecule has 27 heavy (non-hydrogen) atoms. The lowest BCUT2D eigenvalue weighted by Gasteiger charge is -2.22. The molecule has 2 saturated heterocycles. The van der Waals surface area contributed by atoms with Crippen LogP contribution in [-0.4, -0.2) is 41.2 Å². The van der Waals surface area contributed by atoms with E-state index in [1.165, 1.54) is 12.8 Å². The Morgan fingerprint density at radius 3 is 2.96 bits per heavy atom. The summed E-state index contributed by atoms with van der Waals surface area (Å²) in [4.78, 5) is 23.6. The van der Waals surface area contributed by atoms with Gasteiger partial charge in [0.1, 0.15) is 0 Å². The van der Waals surface area contributed by atoms with Crippen molar-refractivity contribution in [2.24, 2.45) is 13.0 Å². The lowest BCUT2D eigenvalue weighted by Crippen LogP contribution is -2.39. The highest BCUT2D eigenvalue weighted by Crippen LogP contribution is 2.31. The van der Waals surface area contributed by atoms with Crippen molar-refractivity contribution in [2.75, 3.05) is 25.0 Å². The Morgan fingerprint density at radius 2 is 2.19 bits per heavy atom. The van der Waals surface area contributed by atoms with Gasteiger partial charge in [-0.1, -0.05) is 0 Å². The fourth-order valence-electron chi connectivity index (χ4n) is 4.20. The second kappa shape index (κ2) is 7.68. The fourth-order valence-corrected chi connectivity index (χ4v) is 4.20. The maximum absolute atomic E-state index is 12.2. The Bertz CT molecular complexity index is 853. The highest BCUT2D eigenvalue weighted by molar-refractivity contribution is 6.02. The van der Waals surface area contributed by atoms with Crippen molar-refractivity contribution in [3.8, 4) is 0 Å². The van der Waals surface area contributed by atoms with Gasteiger partial charge in [0.25, 0.3) is 0 Å². The Hall–Kier alpha value is -2.41. The number of imide groups is 1. The number of piperidine rings is 2. The van der Waals surface area contributed by atoms with Gasteiger partial charge in [0.05, 0.1) is 17.1 Å². The largest absolute Gasteiger partial charge is 0.385 e. The molecule has 2 atom stereocenters. The van der Waals surface area contributed by atoms with Gasteiger partial charge in [0, 0.05) is 31.1 Å². The Morgan fingerprint density at radius 1 is 1.30 bits per heavy atom. The Labute approximate surface area is 158 Å². The van der Waals surface area contributed by atoms with Crippen LogP contribution >= 0.6 is 0 Å². The van der Waals surface area contributed by atoms with Gasteiger partial charge in [-0.05, 0) is 62.9 Å². The minimum atomic E-state index is -0.357. The zero-order chi connectivity index (χ0) is 18.8. The number of rotatable bonds is 5. The van der Waals surface area contributed by atoms with Crippen LogP contribution in [0.1, 0.15) is 43.7 Å². The number of fused-ring (bicyclic) bond motifs is 1. The predicted octanol–water partition coefficient (Wildman–Crippen LogP) is 1.90. The van der Waals surface area contributed by atoms with Gasteiger partial charge >= 0.3 is 0 Å². The van der Waals surface area contributed by atoms with Gasteiger partial charge in [-0.15, -0.1) is 0 Å². The summed E-state index contributed by atoms with van der Waals surface area (Å²) < 4.78 is 1.82. The first-order valence-corrected chi connectivity index (χ1v) is 9.87. The molecular formula is C20H27N5O2. The molecule has 0 spiro atoms. The zero-order valence-corrected chi connectivity index (χ0v) is 15.8. The number of nitrogens with zero attached hydrogens (tertiary/aromatic N) is 2. The van der Waals surface area contributed by atoms with Crippen molar-refractivity contribution >= 4 is 28.4 Å². The maximum atomic E-state index is 12.2. The molecule has 7 nitrogen and oxygen atoms in total. The molecule has 2 aliphatic heterocycles. The minimum Gasteiger partial charge on any atom is -0.385 e. The molecule has 0 radical (unpaired) electrons. The quantitative estimate of drug-likeness (QED) is 0.701. The van der Waals surface area contributed by atoms with Gasteiger partial charge in [-0.25, -0.2) is 0 Å². The summed E-state index contributed by atoms with van der Waals surface area (Å²) in [6, 6.07) is 6.18.